The predicted molar refractivity (Wildman–Crippen MR) is 114 cm³/mol. The predicted octanol–water partition coefficient (Wildman–Crippen LogP) is 5.24. The number of nitrogens with one attached hydrogen (secondary N) is 1. The normalized spacial score (nSPS) is 11.0. The van der Waals surface area contributed by atoms with Crippen LogP contribution in [0.25, 0.3) is 16.2 Å². The highest BCUT2D eigenvalue weighted by Crippen LogP contribution is 2.23. The monoisotopic (exact) mass is 393 g/mol. The fourth-order valence-corrected chi connectivity index (χ4v) is 4.22. The minimum absolute atomic E-state index is 0.0161. The number of rotatable bonds is 6. The highest BCUT2D eigenvalue weighted by Gasteiger charge is 2.07. The van der Waals surface area contributed by atoms with Gasteiger partial charge in [0, 0.05) is 34.8 Å². The highest BCUT2D eigenvalue weighted by molar-refractivity contribution is 7.99. The number of aryl methyl sites for hydroxylation is 1. The Kier molecular flexibility index (Phi) is 5.27. The third-order valence-electron chi connectivity index (χ3n) is 4.18. The van der Waals surface area contributed by atoms with E-state index in [2.05, 4.69) is 41.5 Å². The lowest BCUT2D eigenvalue weighted by atomic mass is 10.1. The number of carbonyl (C=O) groups is 1. The van der Waals surface area contributed by atoms with Gasteiger partial charge in [-0.1, -0.05) is 42.0 Å². The van der Waals surface area contributed by atoms with Crippen molar-refractivity contribution in [3.05, 3.63) is 77.4 Å². The number of amides is 1. The number of hydrogen-bond donors (Lipinski definition) is 1. The van der Waals surface area contributed by atoms with Crippen LogP contribution < -0.4 is 5.32 Å². The molecule has 0 fully saturated rings. The van der Waals surface area contributed by atoms with Crippen molar-refractivity contribution in [1.29, 1.82) is 0 Å². The molecule has 2 aromatic carbocycles. The van der Waals surface area contributed by atoms with Crippen LogP contribution in [-0.4, -0.2) is 21.0 Å². The van der Waals surface area contributed by atoms with Crippen molar-refractivity contribution in [2.75, 3.05) is 11.1 Å². The average Bonchev–Trinajstić information content (AvgIpc) is 3.26. The summed E-state index contributed by atoms with van der Waals surface area (Å²) in [6, 6.07) is 16.2. The van der Waals surface area contributed by atoms with Crippen LogP contribution in [0, 0.1) is 6.92 Å². The van der Waals surface area contributed by atoms with Crippen molar-refractivity contribution < 1.29 is 4.79 Å². The summed E-state index contributed by atoms with van der Waals surface area (Å²) in [6.07, 6.45) is 4.01. The maximum absolute atomic E-state index is 12.1. The van der Waals surface area contributed by atoms with E-state index in [0.29, 0.717) is 5.75 Å². The number of carbonyl (C=O) groups excluding carboxylic acids is 1. The molecule has 0 radical (unpaired) electrons. The quantitative estimate of drug-likeness (QED) is 0.487. The largest absolute Gasteiger partial charge is 0.325 e. The zero-order valence-electron chi connectivity index (χ0n) is 14.9. The molecule has 0 saturated heterocycles. The van der Waals surface area contributed by atoms with Gasteiger partial charge in [0.05, 0.1) is 11.4 Å². The summed E-state index contributed by atoms with van der Waals surface area (Å²) in [7, 11) is 0. The van der Waals surface area contributed by atoms with Gasteiger partial charge in [0.25, 0.3) is 0 Å². The van der Waals surface area contributed by atoms with Gasteiger partial charge in [-0.15, -0.1) is 23.1 Å². The van der Waals surface area contributed by atoms with Crippen LogP contribution in [0.1, 0.15) is 11.1 Å². The summed E-state index contributed by atoms with van der Waals surface area (Å²) in [4.78, 5) is 17.7. The second-order valence-corrected chi connectivity index (χ2v) is 8.18. The molecule has 0 unspecified atom stereocenters. The van der Waals surface area contributed by atoms with Crippen LogP contribution in [0.5, 0.6) is 0 Å². The van der Waals surface area contributed by atoms with E-state index in [9.17, 15) is 4.79 Å². The first-order chi connectivity index (χ1) is 13.2. The van der Waals surface area contributed by atoms with Gasteiger partial charge in [0.1, 0.15) is 0 Å². The average molecular weight is 394 g/mol. The smallest absolute Gasteiger partial charge is 0.234 e. The standard InChI is InChI=1S/C21H19N3OS2/c1-15-2-4-16(5-3-15)13-26-14-20(25)22-18-8-6-17(7-9-18)19-12-24-10-11-27-21(24)23-19/h2-12H,13-14H2,1H3,(H,22,25). The molecular weight excluding hydrogens is 374 g/mol. The number of thioether (sulfide) groups is 1. The van der Waals surface area contributed by atoms with E-state index in [1.807, 2.05) is 46.4 Å². The third-order valence-corrected chi connectivity index (χ3v) is 5.95. The summed E-state index contributed by atoms with van der Waals surface area (Å²) >= 11 is 3.23. The Labute approximate surface area is 166 Å². The summed E-state index contributed by atoms with van der Waals surface area (Å²) in [5, 5.41) is 4.97. The Hall–Kier alpha value is -2.57. The zero-order valence-corrected chi connectivity index (χ0v) is 16.5. The Morgan fingerprint density at radius 1 is 1.15 bits per heavy atom. The van der Waals surface area contributed by atoms with Gasteiger partial charge in [-0.2, -0.15) is 0 Å². The molecule has 2 heterocycles. The summed E-state index contributed by atoms with van der Waals surface area (Å²) in [5.74, 6) is 1.29. The number of anilines is 1. The Morgan fingerprint density at radius 2 is 1.93 bits per heavy atom. The van der Waals surface area contributed by atoms with Crippen molar-refractivity contribution in [2.45, 2.75) is 12.7 Å². The summed E-state index contributed by atoms with van der Waals surface area (Å²) in [6.45, 7) is 2.07. The van der Waals surface area contributed by atoms with Gasteiger partial charge in [0.2, 0.25) is 5.91 Å². The van der Waals surface area contributed by atoms with Gasteiger partial charge < -0.3 is 5.32 Å². The number of fused-ring (bicyclic) bond motifs is 1. The molecule has 0 saturated carbocycles. The second-order valence-electron chi connectivity index (χ2n) is 6.32. The minimum Gasteiger partial charge on any atom is -0.325 e. The van der Waals surface area contributed by atoms with Crippen LogP contribution in [0.15, 0.2) is 66.3 Å². The molecule has 1 amide bonds. The second kappa shape index (κ2) is 7.98. The van der Waals surface area contributed by atoms with E-state index < -0.39 is 0 Å². The minimum atomic E-state index is 0.0161. The van der Waals surface area contributed by atoms with Crippen LogP contribution in [0.2, 0.25) is 0 Å². The number of thiazole rings is 1. The number of benzene rings is 2. The van der Waals surface area contributed by atoms with Crippen molar-refractivity contribution in [3.8, 4) is 11.3 Å². The molecule has 4 aromatic rings. The lowest BCUT2D eigenvalue weighted by Gasteiger charge is -2.06. The lowest BCUT2D eigenvalue weighted by molar-refractivity contribution is -0.113. The van der Waals surface area contributed by atoms with Crippen LogP contribution >= 0.6 is 23.1 Å². The number of aromatic nitrogens is 2. The lowest BCUT2D eigenvalue weighted by Crippen LogP contribution is -2.14. The Bertz CT molecular complexity index is 1020. The molecule has 4 nitrogen and oxygen atoms in total. The van der Waals surface area contributed by atoms with E-state index in [-0.39, 0.29) is 5.91 Å². The van der Waals surface area contributed by atoms with Gasteiger partial charge >= 0.3 is 0 Å². The Morgan fingerprint density at radius 3 is 2.67 bits per heavy atom. The molecule has 0 atom stereocenters. The van der Waals surface area contributed by atoms with Crippen LogP contribution in [-0.2, 0) is 10.5 Å². The maximum Gasteiger partial charge on any atom is 0.234 e. The molecule has 0 spiro atoms. The van der Waals surface area contributed by atoms with Gasteiger partial charge in [-0.3, -0.25) is 9.20 Å². The topological polar surface area (TPSA) is 46.4 Å². The highest BCUT2D eigenvalue weighted by atomic mass is 32.2. The molecule has 1 N–H and O–H groups in total. The molecule has 136 valence electrons. The molecule has 0 aliphatic rings. The van der Waals surface area contributed by atoms with E-state index in [1.165, 1.54) is 11.1 Å². The first-order valence-corrected chi connectivity index (χ1v) is 10.7. The van der Waals surface area contributed by atoms with Gasteiger partial charge in [-0.05, 0) is 24.6 Å². The van der Waals surface area contributed by atoms with Crippen molar-refractivity contribution in [3.63, 3.8) is 0 Å². The third kappa shape index (κ3) is 4.40. The number of nitrogens with zero attached hydrogens (tertiary/aromatic N) is 2. The van der Waals surface area contributed by atoms with E-state index >= 15 is 0 Å². The molecular formula is C21H19N3OS2. The fourth-order valence-electron chi connectivity index (χ4n) is 2.73. The van der Waals surface area contributed by atoms with Gasteiger partial charge in [0.15, 0.2) is 4.96 Å². The molecule has 2 aromatic heterocycles. The SMILES string of the molecule is Cc1ccc(CSCC(=O)Nc2ccc(-c3cn4ccsc4n3)cc2)cc1. The molecule has 0 aliphatic carbocycles. The van der Waals surface area contributed by atoms with E-state index in [0.717, 1.165) is 27.7 Å². The van der Waals surface area contributed by atoms with E-state index in [4.69, 9.17) is 0 Å². The summed E-state index contributed by atoms with van der Waals surface area (Å²) < 4.78 is 2.01. The molecule has 6 heteroatoms. The maximum atomic E-state index is 12.1. The number of imidazole rings is 1. The van der Waals surface area contributed by atoms with E-state index in [1.54, 1.807) is 23.1 Å². The molecule has 27 heavy (non-hydrogen) atoms. The zero-order chi connectivity index (χ0) is 18.6. The van der Waals surface area contributed by atoms with Crippen LogP contribution in [0.4, 0.5) is 5.69 Å². The summed E-state index contributed by atoms with van der Waals surface area (Å²) in [5.41, 5.74) is 5.27. The fraction of sp³-hybridized carbons (Fsp3) is 0.143. The molecule has 0 aliphatic heterocycles. The molecule has 4 rings (SSSR count). The molecule has 0 bridgehead atoms. The Balaban J connectivity index is 1.30. The van der Waals surface area contributed by atoms with Crippen LogP contribution in [0.3, 0.4) is 0 Å². The number of hydrogen-bond acceptors (Lipinski definition) is 4. The van der Waals surface area contributed by atoms with Crippen molar-refractivity contribution in [2.24, 2.45) is 0 Å². The van der Waals surface area contributed by atoms with Crippen molar-refractivity contribution >= 4 is 39.7 Å². The first-order valence-electron chi connectivity index (χ1n) is 8.63. The van der Waals surface area contributed by atoms with Crippen molar-refractivity contribution in [1.82, 2.24) is 9.38 Å². The van der Waals surface area contributed by atoms with Gasteiger partial charge in [-0.25, -0.2) is 4.98 Å². The first kappa shape index (κ1) is 17.8.